The first-order valence-electron chi connectivity index (χ1n) is 11.0. The number of nitrogens with zero attached hydrogens (tertiary/aromatic N) is 1. The minimum absolute atomic E-state index is 0.255. The molecule has 34 heavy (non-hydrogen) atoms. The molecule has 0 spiro atoms. The van der Waals surface area contributed by atoms with Crippen LogP contribution in [0.4, 0.5) is 4.79 Å². The summed E-state index contributed by atoms with van der Waals surface area (Å²) in [6.07, 6.45) is 1.71. The lowest BCUT2D eigenvalue weighted by molar-refractivity contribution is -0.123. The van der Waals surface area contributed by atoms with Crippen molar-refractivity contribution in [1.29, 1.82) is 0 Å². The minimum Gasteiger partial charge on any atom is -0.490 e. The van der Waals surface area contributed by atoms with Crippen LogP contribution in [0, 0.1) is 0 Å². The zero-order chi connectivity index (χ0) is 23.8. The molecule has 1 aliphatic rings. The lowest BCUT2D eigenvalue weighted by Gasteiger charge is -2.13. The summed E-state index contributed by atoms with van der Waals surface area (Å²) in [5.41, 5.74) is 1.66. The van der Waals surface area contributed by atoms with Crippen LogP contribution in [0.5, 0.6) is 17.2 Å². The molecule has 174 valence electrons. The molecule has 0 atom stereocenters. The summed E-state index contributed by atoms with van der Waals surface area (Å²) in [4.78, 5) is 26.9. The number of rotatable bonds is 10. The molecular weight excluding hydrogens is 450 g/mol. The number of para-hydroxylation sites is 1. The third kappa shape index (κ3) is 5.99. The van der Waals surface area contributed by atoms with Crippen molar-refractivity contribution >= 4 is 29.0 Å². The van der Waals surface area contributed by atoms with Crippen LogP contribution in [0.15, 0.2) is 83.8 Å². The normalized spacial score (nSPS) is 14.5. The van der Waals surface area contributed by atoms with E-state index in [-0.39, 0.29) is 17.7 Å². The molecule has 1 saturated heterocycles. The summed E-state index contributed by atoms with van der Waals surface area (Å²) in [6, 6.07) is 24.4. The van der Waals surface area contributed by atoms with E-state index in [4.69, 9.17) is 14.2 Å². The molecule has 0 aliphatic carbocycles. The molecule has 3 aromatic rings. The topological polar surface area (TPSA) is 65.1 Å². The standard InChI is InChI=1S/C27H25NO5S/c1-2-31-24-17-21(13-14-23(24)33-16-15-32-22-11-7-4-8-12-22)18-25-26(29)28(27(30)34-25)19-20-9-5-3-6-10-20/h3-14,17-18H,2,15-16,19H2,1H3/b25-18-. The van der Waals surface area contributed by atoms with Crippen molar-refractivity contribution in [2.45, 2.75) is 13.5 Å². The van der Waals surface area contributed by atoms with Gasteiger partial charge in [0.25, 0.3) is 11.1 Å². The Morgan fingerprint density at radius 2 is 1.53 bits per heavy atom. The van der Waals surface area contributed by atoms with Gasteiger partial charge >= 0.3 is 0 Å². The van der Waals surface area contributed by atoms with Gasteiger partial charge in [0.2, 0.25) is 0 Å². The number of hydrogen-bond donors (Lipinski definition) is 0. The number of thioether (sulfide) groups is 1. The maximum absolute atomic E-state index is 12.8. The van der Waals surface area contributed by atoms with E-state index in [1.54, 1.807) is 12.1 Å². The second-order valence-electron chi connectivity index (χ2n) is 7.40. The van der Waals surface area contributed by atoms with E-state index < -0.39 is 0 Å². The number of carbonyl (C=O) groups is 2. The van der Waals surface area contributed by atoms with Gasteiger partial charge < -0.3 is 14.2 Å². The first-order chi connectivity index (χ1) is 16.6. The van der Waals surface area contributed by atoms with Gasteiger partial charge in [-0.1, -0.05) is 54.6 Å². The summed E-state index contributed by atoms with van der Waals surface area (Å²) in [5, 5.41) is -0.275. The highest BCUT2D eigenvalue weighted by atomic mass is 32.2. The lowest BCUT2D eigenvalue weighted by Crippen LogP contribution is -2.27. The Hall–Kier alpha value is -3.71. The fourth-order valence-corrected chi connectivity index (χ4v) is 4.22. The van der Waals surface area contributed by atoms with Gasteiger partial charge in [-0.25, -0.2) is 0 Å². The highest BCUT2D eigenvalue weighted by Crippen LogP contribution is 2.35. The molecule has 0 aromatic heterocycles. The van der Waals surface area contributed by atoms with Gasteiger partial charge in [-0.05, 0) is 60.2 Å². The fraction of sp³-hybridized carbons (Fsp3) is 0.185. The Labute approximate surface area is 203 Å². The SMILES string of the molecule is CCOc1cc(/C=C2\SC(=O)N(Cc3ccccc3)C2=O)ccc1OCCOc1ccccc1. The van der Waals surface area contributed by atoms with Crippen molar-refractivity contribution in [3.8, 4) is 17.2 Å². The maximum Gasteiger partial charge on any atom is 0.293 e. The number of amides is 2. The van der Waals surface area contributed by atoms with Crippen LogP contribution in [0.1, 0.15) is 18.1 Å². The van der Waals surface area contributed by atoms with Crippen molar-refractivity contribution in [3.63, 3.8) is 0 Å². The quantitative estimate of drug-likeness (QED) is 0.274. The average Bonchev–Trinajstić information content (AvgIpc) is 3.11. The van der Waals surface area contributed by atoms with Crippen molar-refractivity contribution in [1.82, 2.24) is 4.90 Å². The van der Waals surface area contributed by atoms with Crippen LogP contribution in [-0.2, 0) is 11.3 Å². The van der Waals surface area contributed by atoms with Gasteiger partial charge in [-0.3, -0.25) is 14.5 Å². The third-order valence-corrected chi connectivity index (χ3v) is 5.88. The Bertz CT molecular complexity index is 1160. The number of hydrogen-bond acceptors (Lipinski definition) is 6. The second-order valence-corrected chi connectivity index (χ2v) is 8.40. The lowest BCUT2D eigenvalue weighted by atomic mass is 10.1. The molecule has 2 amide bonds. The Kier molecular flexibility index (Phi) is 7.88. The van der Waals surface area contributed by atoms with Crippen LogP contribution in [0.2, 0.25) is 0 Å². The molecule has 1 fully saturated rings. The molecule has 1 heterocycles. The van der Waals surface area contributed by atoms with Crippen molar-refractivity contribution in [2.24, 2.45) is 0 Å². The predicted octanol–water partition coefficient (Wildman–Crippen LogP) is 5.78. The number of ether oxygens (including phenoxy) is 3. The van der Waals surface area contributed by atoms with E-state index >= 15 is 0 Å². The molecule has 6 nitrogen and oxygen atoms in total. The summed E-state index contributed by atoms with van der Waals surface area (Å²) < 4.78 is 17.3. The van der Waals surface area contributed by atoms with Crippen LogP contribution >= 0.6 is 11.8 Å². The van der Waals surface area contributed by atoms with Gasteiger partial charge in [-0.2, -0.15) is 0 Å². The molecule has 0 saturated carbocycles. The van der Waals surface area contributed by atoms with E-state index in [0.717, 1.165) is 28.6 Å². The number of benzene rings is 3. The molecule has 3 aromatic carbocycles. The fourth-order valence-electron chi connectivity index (χ4n) is 3.38. The van der Waals surface area contributed by atoms with Gasteiger partial charge in [0.1, 0.15) is 19.0 Å². The van der Waals surface area contributed by atoms with E-state index in [1.807, 2.05) is 79.7 Å². The van der Waals surface area contributed by atoms with Gasteiger partial charge in [0, 0.05) is 0 Å². The Morgan fingerprint density at radius 3 is 2.26 bits per heavy atom. The molecule has 0 N–H and O–H groups in total. The summed E-state index contributed by atoms with van der Waals surface area (Å²) >= 11 is 0.944. The van der Waals surface area contributed by atoms with Crippen LogP contribution in [0.3, 0.4) is 0 Å². The minimum atomic E-state index is -0.296. The number of imide groups is 1. The molecule has 1 aliphatic heterocycles. The molecule has 4 rings (SSSR count). The first-order valence-corrected chi connectivity index (χ1v) is 11.8. The maximum atomic E-state index is 12.8. The molecule has 7 heteroatoms. The predicted molar refractivity (Wildman–Crippen MR) is 133 cm³/mol. The van der Waals surface area contributed by atoms with Crippen LogP contribution < -0.4 is 14.2 Å². The monoisotopic (exact) mass is 475 g/mol. The Morgan fingerprint density at radius 1 is 0.824 bits per heavy atom. The second kappa shape index (κ2) is 11.4. The van der Waals surface area contributed by atoms with E-state index in [2.05, 4.69) is 0 Å². The van der Waals surface area contributed by atoms with Crippen LogP contribution in [-0.4, -0.2) is 35.9 Å². The zero-order valence-corrected chi connectivity index (χ0v) is 19.6. The zero-order valence-electron chi connectivity index (χ0n) is 18.8. The number of carbonyl (C=O) groups excluding carboxylic acids is 2. The van der Waals surface area contributed by atoms with Gasteiger partial charge in [0.05, 0.1) is 18.1 Å². The van der Waals surface area contributed by atoms with Crippen molar-refractivity contribution < 1.29 is 23.8 Å². The van der Waals surface area contributed by atoms with Gasteiger partial charge in [0.15, 0.2) is 11.5 Å². The smallest absolute Gasteiger partial charge is 0.293 e. The van der Waals surface area contributed by atoms with Gasteiger partial charge in [-0.15, -0.1) is 0 Å². The van der Waals surface area contributed by atoms with Crippen molar-refractivity contribution in [3.05, 3.63) is 94.9 Å². The van der Waals surface area contributed by atoms with Crippen LogP contribution in [0.25, 0.3) is 6.08 Å². The summed E-state index contributed by atoms with van der Waals surface area (Å²) in [5.74, 6) is 1.65. The van der Waals surface area contributed by atoms with Crippen molar-refractivity contribution in [2.75, 3.05) is 19.8 Å². The third-order valence-electron chi connectivity index (χ3n) is 4.98. The highest BCUT2D eigenvalue weighted by Gasteiger charge is 2.35. The largest absolute Gasteiger partial charge is 0.490 e. The molecule has 0 radical (unpaired) electrons. The summed E-state index contributed by atoms with van der Waals surface area (Å²) in [6.45, 7) is 3.36. The molecule has 0 bridgehead atoms. The first kappa shape index (κ1) is 23.4. The molecule has 0 unspecified atom stereocenters. The highest BCUT2D eigenvalue weighted by molar-refractivity contribution is 8.18. The van der Waals surface area contributed by atoms with E-state index in [9.17, 15) is 9.59 Å². The summed E-state index contributed by atoms with van der Waals surface area (Å²) in [7, 11) is 0. The average molecular weight is 476 g/mol. The molecular formula is C27H25NO5S. The van der Waals surface area contributed by atoms with E-state index in [0.29, 0.717) is 36.2 Å². The van der Waals surface area contributed by atoms with E-state index in [1.165, 1.54) is 4.90 Å². The Balaban J connectivity index is 1.42.